The van der Waals surface area contributed by atoms with Crippen LogP contribution in [0.2, 0.25) is 0 Å². The molecule has 0 saturated carbocycles. The molecule has 10 heteroatoms. The van der Waals surface area contributed by atoms with Gasteiger partial charge in [-0.2, -0.15) is 0 Å². The first kappa shape index (κ1) is 27.0. The van der Waals surface area contributed by atoms with Crippen molar-refractivity contribution in [3.05, 3.63) is 83.6 Å². The highest BCUT2D eigenvalue weighted by atomic mass is 19.2. The average molecular weight is 526 g/mol. The Kier molecular flexibility index (Phi) is 8.52. The predicted octanol–water partition coefficient (Wildman–Crippen LogP) is 4.41. The summed E-state index contributed by atoms with van der Waals surface area (Å²) in [5, 5.41) is 10.5. The fraction of sp³-hybridized carbons (Fsp3) is 0.321. The first-order valence-electron chi connectivity index (χ1n) is 12.2. The van der Waals surface area contributed by atoms with E-state index >= 15 is 0 Å². The fourth-order valence-electron chi connectivity index (χ4n) is 4.90. The van der Waals surface area contributed by atoms with E-state index in [2.05, 4.69) is 4.98 Å². The molecular weight excluding hydrogens is 496 g/mol. The zero-order chi connectivity index (χ0) is 27.2. The Morgan fingerprint density at radius 2 is 1.84 bits per heavy atom. The van der Waals surface area contributed by atoms with E-state index in [1.165, 1.54) is 32.5 Å². The Labute approximate surface area is 219 Å². The van der Waals surface area contributed by atoms with Crippen LogP contribution in [0.25, 0.3) is 11.3 Å². The van der Waals surface area contributed by atoms with Gasteiger partial charge in [0.1, 0.15) is 0 Å². The zero-order valence-corrected chi connectivity index (χ0v) is 21.1. The zero-order valence-electron chi connectivity index (χ0n) is 21.1. The molecular formula is C28H29F2N3O5. The summed E-state index contributed by atoms with van der Waals surface area (Å²) in [6.45, 7) is 0.455. The maximum Gasteiger partial charge on any atom is 0.410 e. The van der Waals surface area contributed by atoms with Crippen LogP contribution < -0.4 is 4.90 Å². The number of hydrogen-bond acceptors (Lipinski definition) is 7. The molecule has 1 aliphatic heterocycles. The number of amides is 1. The molecule has 1 aromatic heterocycles. The van der Waals surface area contributed by atoms with Gasteiger partial charge in [0.2, 0.25) is 0 Å². The lowest BCUT2D eigenvalue weighted by Gasteiger charge is -2.46. The van der Waals surface area contributed by atoms with Crippen LogP contribution in [0.3, 0.4) is 0 Å². The summed E-state index contributed by atoms with van der Waals surface area (Å²) < 4.78 is 37.4. The van der Waals surface area contributed by atoms with E-state index in [1.54, 1.807) is 4.90 Å². The molecule has 4 rings (SSSR count). The third-order valence-corrected chi connectivity index (χ3v) is 6.75. The maximum absolute atomic E-state index is 13.9. The van der Waals surface area contributed by atoms with Crippen molar-refractivity contribution in [3.63, 3.8) is 0 Å². The van der Waals surface area contributed by atoms with Crippen LogP contribution in [0.4, 0.5) is 19.3 Å². The van der Waals surface area contributed by atoms with Gasteiger partial charge in [0.15, 0.2) is 11.6 Å². The smallest absolute Gasteiger partial charge is 0.410 e. The van der Waals surface area contributed by atoms with Gasteiger partial charge < -0.3 is 19.5 Å². The molecule has 1 fully saturated rings. The van der Waals surface area contributed by atoms with Crippen LogP contribution in [-0.4, -0.2) is 66.5 Å². The van der Waals surface area contributed by atoms with Gasteiger partial charge in [0, 0.05) is 18.7 Å². The average Bonchev–Trinajstić information content (AvgIpc) is 2.96. The summed E-state index contributed by atoms with van der Waals surface area (Å²) in [6.07, 6.45) is 2.19. The molecule has 1 saturated heterocycles. The van der Waals surface area contributed by atoms with E-state index in [0.717, 1.165) is 17.7 Å². The Hall–Kier alpha value is -4.05. The van der Waals surface area contributed by atoms with Crippen LogP contribution in [0, 0.1) is 11.6 Å². The van der Waals surface area contributed by atoms with Crippen LogP contribution >= 0.6 is 0 Å². The van der Waals surface area contributed by atoms with Gasteiger partial charge in [-0.15, -0.1) is 0 Å². The SMILES string of the molecule is COC(=O)c1cc(-c2ccc(F)c(F)c2)ncc1N1CCCC(N(Cc2ccccc2)C(=O)OC)C1CO. The van der Waals surface area contributed by atoms with Crippen LogP contribution in [0.15, 0.2) is 60.8 Å². The fourth-order valence-corrected chi connectivity index (χ4v) is 4.90. The van der Waals surface area contributed by atoms with Gasteiger partial charge in [-0.05, 0) is 42.7 Å². The highest BCUT2D eigenvalue weighted by Crippen LogP contribution is 2.33. The quantitative estimate of drug-likeness (QED) is 0.457. The molecule has 8 nitrogen and oxygen atoms in total. The molecule has 38 heavy (non-hydrogen) atoms. The number of hydrogen-bond donors (Lipinski definition) is 1. The van der Waals surface area contributed by atoms with E-state index < -0.39 is 35.8 Å². The van der Waals surface area contributed by atoms with Crippen molar-refractivity contribution >= 4 is 17.7 Å². The van der Waals surface area contributed by atoms with Crippen molar-refractivity contribution in [2.45, 2.75) is 31.5 Å². The summed E-state index contributed by atoms with van der Waals surface area (Å²) in [4.78, 5) is 33.5. The van der Waals surface area contributed by atoms with Crippen LogP contribution in [0.1, 0.15) is 28.8 Å². The number of piperidine rings is 1. The first-order valence-corrected chi connectivity index (χ1v) is 12.2. The largest absolute Gasteiger partial charge is 0.465 e. The topological polar surface area (TPSA) is 92.2 Å². The van der Waals surface area contributed by atoms with Crippen molar-refractivity contribution in [1.82, 2.24) is 9.88 Å². The highest BCUT2D eigenvalue weighted by molar-refractivity contribution is 5.97. The Morgan fingerprint density at radius 3 is 2.50 bits per heavy atom. The number of carbonyl (C=O) groups is 2. The number of aliphatic hydroxyl groups excluding tert-OH is 1. The van der Waals surface area contributed by atoms with Gasteiger partial charge >= 0.3 is 12.1 Å². The first-order chi connectivity index (χ1) is 18.4. The molecule has 200 valence electrons. The Bertz CT molecular complexity index is 1290. The van der Waals surface area contributed by atoms with Gasteiger partial charge in [-0.3, -0.25) is 9.88 Å². The molecule has 2 unspecified atom stereocenters. The number of anilines is 1. The van der Waals surface area contributed by atoms with Crippen molar-refractivity contribution < 1.29 is 33.0 Å². The lowest BCUT2D eigenvalue weighted by Crippen LogP contribution is -2.58. The minimum Gasteiger partial charge on any atom is -0.465 e. The van der Waals surface area contributed by atoms with Gasteiger partial charge in [0.25, 0.3) is 0 Å². The molecule has 2 atom stereocenters. The molecule has 3 aromatic rings. The van der Waals surface area contributed by atoms with Crippen LogP contribution in [0.5, 0.6) is 0 Å². The van der Waals surface area contributed by atoms with E-state index in [0.29, 0.717) is 25.1 Å². The number of ether oxygens (including phenoxy) is 2. The van der Waals surface area contributed by atoms with Crippen molar-refractivity contribution in [1.29, 1.82) is 0 Å². The lowest BCUT2D eigenvalue weighted by atomic mass is 9.93. The number of carbonyl (C=O) groups excluding carboxylic acids is 2. The highest BCUT2D eigenvalue weighted by Gasteiger charge is 2.39. The van der Waals surface area contributed by atoms with E-state index in [-0.39, 0.29) is 30.0 Å². The Morgan fingerprint density at radius 1 is 1.08 bits per heavy atom. The van der Waals surface area contributed by atoms with Gasteiger partial charge in [0.05, 0.1) is 56.1 Å². The molecule has 0 aliphatic carbocycles. The lowest BCUT2D eigenvalue weighted by molar-refractivity contribution is 0.0596. The molecule has 0 spiro atoms. The normalized spacial score (nSPS) is 17.1. The monoisotopic (exact) mass is 525 g/mol. The number of aliphatic hydroxyl groups is 1. The molecule has 2 heterocycles. The molecule has 2 aromatic carbocycles. The third-order valence-electron chi connectivity index (χ3n) is 6.75. The standard InChI is InChI=1S/C28H29F2N3O5/c1-37-27(35)20-14-23(19-10-11-21(29)22(30)13-19)31-15-25(20)32-12-6-9-24(26(32)17-34)33(28(36)38-2)16-18-7-4-3-5-8-18/h3-5,7-8,10-11,13-15,24,26,34H,6,9,12,16-17H2,1-2H3. The third kappa shape index (κ3) is 5.60. The summed E-state index contributed by atoms with van der Waals surface area (Å²) >= 11 is 0. The molecule has 0 bridgehead atoms. The Balaban J connectivity index is 1.72. The van der Waals surface area contributed by atoms with E-state index in [1.807, 2.05) is 35.2 Å². The van der Waals surface area contributed by atoms with Crippen molar-refractivity contribution in [3.8, 4) is 11.3 Å². The summed E-state index contributed by atoms with van der Waals surface area (Å²) in [7, 11) is 2.55. The number of pyridine rings is 1. The summed E-state index contributed by atoms with van der Waals surface area (Å²) in [6, 6.07) is 13.3. The van der Waals surface area contributed by atoms with E-state index in [4.69, 9.17) is 9.47 Å². The number of benzene rings is 2. The van der Waals surface area contributed by atoms with Crippen LogP contribution in [-0.2, 0) is 16.0 Å². The number of nitrogens with zero attached hydrogens (tertiary/aromatic N) is 3. The maximum atomic E-state index is 13.9. The molecule has 0 radical (unpaired) electrons. The summed E-state index contributed by atoms with van der Waals surface area (Å²) in [5.41, 5.74) is 1.99. The number of methoxy groups -OCH3 is 2. The molecule has 1 amide bonds. The molecule has 1 aliphatic rings. The second kappa shape index (κ2) is 12.0. The second-order valence-electron chi connectivity index (χ2n) is 8.94. The minimum absolute atomic E-state index is 0.147. The van der Waals surface area contributed by atoms with Gasteiger partial charge in [-0.1, -0.05) is 30.3 Å². The number of aromatic nitrogens is 1. The number of halogens is 2. The second-order valence-corrected chi connectivity index (χ2v) is 8.94. The number of esters is 1. The van der Waals surface area contributed by atoms with Crippen molar-refractivity contribution in [2.24, 2.45) is 0 Å². The van der Waals surface area contributed by atoms with Gasteiger partial charge in [-0.25, -0.2) is 18.4 Å². The number of rotatable bonds is 7. The molecule has 1 N–H and O–H groups in total. The minimum atomic E-state index is -1.03. The summed E-state index contributed by atoms with van der Waals surface area (Å²) in [5.74, 6) is -2.68. The van der Waals surface area contributed by atoms with Crippen molar-refractivity contribution in [2.75, 3.05) is 32.3 Å². The predicted molar refractivity (Wildman–Crippen MR) is 137 cm³/mol. The van der Waals surface area contributed by atoms with E-state index in [9.17, 15) is 23.5 Å².